The molecule has 2 rings (SSSR count). The molecule has 0 spiro atoms. The van der Waals surface area contributed by atoms with E-state index in [1.54, 1.807) is 0 Å². The Morgan fingerprint density at radius 1 is 1.59 bits per heavy atom. The van der Waals surface area contributed by atoms with Crippen molar-refractivity contribution in [1.29, 1.82) is 0 Å². The number of aromatic nitrogens is 1. The van der Waals surface area contributed by atoms with Crippen LogP contribution in [-0.2, 0) is 0 Å². The number of amides is 1. The van der Waals surface area contributed by atoms with Gasteiger partial charge < -0.3 is 15.7 Å². The lowest BCUT2D eigenvalue weighted by molar-refractivity contribution is 0.0954. The molecule has 0 aliphatic carbocycles. The van der Waals surface area contributed by atoms with Gasteiger partial charge in [-0.2, -0.15) is 0 Å². The summed E-state index contributed by atoms with van der Waals surface area (Å²) >= 11 is 0. The molecular formula is C12H15N3O2. The molecule has 0 aromatic carbocycles. The normalized spacial score (nSPS) is 15.2. The molecule has 17 heavy (non-hydrogen) atoms. The molecule has 0 atom stereocenters. The third kappa shape index (κ3) is 3.04. The van der Waals surface area contributed by atoms with Crippen molar-refractivity contribution < 1.29 is 9.90 Å². The molecule has 5 heteroatoms. The zero-order valence-electron chi connectivity index (χ0n) is 9.44. The maximum absolute atomic E-state index is 11.8. The van der Waals surface area contributed by atoms with E-state index in [1.165, 1.54) is 24.0 Å². The number of pyridine rings is 1. The maximum Gasteiger partial charge on any atom is 0.255 e. The second-order valence-corrected chi connectivity index (χ2v) is 3.89. The molecular weight excluding hydrogens is 218 g/mol. The Bertz CT molecular complexity index is 443. The molecule has 1 aliphatic rings. The molecule has 3 N–H and O–H groups in total. The van der Waals surface area contributed by atoms with Crippen molar-refractivity contribution in [2.45, 2.75) is 6.42 Å². The average molecular weight is 233 g/mol. The van der Waals surface area contributed by atoms with E-state index in [9.17, 15) is 9.90 Å². The summed E-state index contributed by atoms with van der Waals surface area (Å²) in [6.07, 6.45) is 5.77. The van der Waals surface area contributed by atoms with Gasteiger partial charge in [-0.1, -0.05) is 11.6 Å². The third-order valence-electron chi connectivity index (χ3n) is 2.68. The lowest BCUT2D eigenvalue weighted by atomic mass is 10.1. The zero-order valence-corrected chi connectivity index (χ0v) is 9.44. The predicted octanol–water partition coefficient (Wildman–Crippen LogP) is 0.437. The molecule has 1 aromatic rings. The second-order valence-electron chi connectivity index (χ2n) is 3.89. The van der Waals surface area contributed by atoms with Gasteiger partial charge in [0, 0.05) is 19.3 Å². The van der Waals surface area contributed by atoms with Gasteiger partial charge in [0.25, 0.3) is 5.91 Å². The number of nitrogens with one attached hydrogen (secondary N) is 2. The van der Waals surface area contributed by atoms with Crippen molar-refractivity contribution >= 4 is 5.91 Å². The van der Waals surface area contributed by atoms with Gasteiger partial charge in [0.1, 0.15) is 5.75 Å². The monoisotopic (exact) mass is 233 g/mol. The topological polar surface area (TPSA) is 74.2 Å². The van der Waals surface area contributed by atoms with Crippen LogP contribution in [0.4, 0.5) is 0 Å². The molecule has 2 heterocycles. The maximum atomic E-state index is 11.8. The van der Waals surface area contributed by atoms with Gasteiger partial charge in [-0.25, -0.2) is 0 Å². The highest BCUT2D eigenvalue weighted by atomic mass is 16.3. The number of carbonyl (C=O) groups excluding carboxylic acids is 1. The minimum absolute atomic E-state index is 0.0932. The van der Waals surface area contributed by atoms with Crippen molar-refractivity contribution in [2.75, 3.05) is 19.6 Å². The summed E-state index contributed by atoms with van der Waals surface area (Å²) in [6.45, 7) is 2.33. The fourth-order valence-electron chi connectivity index (χ4n) is 1.70. The number of hydrogen-bond donors (Lipinski definition) is 3. The number of nitrogens with zero attached hydrogens (tertiary/aromatic N) is 1. The van der Waals surface area contributed by atoms with Gasteiger partial charge in [-0.15, -0.1) is 0 Å². The molecule has 0 saturated heterocycles. The van der Waals surface area contributed by atoms with Crippen LogP contribution in [0.1, 0.15) is 16.8 Å². The first kappa shape index (κ1) is 11.6. The van der Waals surface area contributed by atoms with Crippen molar-refractivity contribution in [3.05, 3.63) is 35.7 Å². The summed E-state index contributed by atoms with van der Waals surface area (Å²) < 4.78 is 0. The summed E-state index contributed by atoms with van der Waals surface area (Å²) in [4.78, 5) is 15.5. The van der Waals surface area contributed by atoms with Crippen LogP contribution >= 0.6 is 0 Å². The SMILES string of the molecule is O=C(NCC1=CCNCC1)c1ccncc1O. The van der Waals surface area contributed by atoms with Gasteiger partial charge >= 0.3 is 0 Å². The second kappa shape index (κ2) is 5.45. The van der Waals surface area contributed by atoms with Gasteiger partial charge in [-0.05, 0) is 19.0 Å². The van der Waals surface area contributed by atoms with Gasteiger partial charge in [0.15, 0.2) is 0 Å². The number of hydrogen-bond acceptors (Lipinski definition) is 4. The van der Waals surface area contributed by atoms with Gasteiger partial charge in [-0.3, -0.25) is 9.78 Å². The predicted molar refractivity (Wildman–Crippen MR) is 63.8 cm³/mol. The van der Waals surface area contributed by atoms with Crippen LogP contribution in [0.2, 0.25) is 0 Å². The molecule has 0 bridgehead atoms. The molecule has 1 amide bonds. The van der Waals surface area contributed by atoms with E-state index in [-0.39, 0.29) is 17.2 Å². The molecule has 1 aliphatic heterocycles. The van der Waals surface area contributed by atoms with Crippen LogP contribution in [0.25, 0.3) is 0 Å². The standard InChI is InChI=1S/C12H15N3O2/c16-11-8-14-6-3-10(11)12(17)15-7-9-1-4-13-5-2-9/h1,3,6,8,13,16H,2,4-5,7H2,(H,15,17). The van der Waals surface area contributed by atoms with Gasteiger partial charge in [0.2, 0.25) is 0 Å². The number of aromatic hydroxyl groups is 1. The molecule has 90 valence electrons. The van der Waals surface area contributed by atoms with E-state index >= 15 is 0 Å². The number of rotatable bonds is 3. The minimum atomic E-state index is -0.274. The quantitative estimate of drug-likeness (QED) is 0.662. The van der Waals surface area contributed by atoms with E-state index < -0.39 is 0 Å². The van der Waals surface area contributed by atoms with Crippen LogP contribution in [0.3, 0.4) is 0 Å². The van der Waals surface area contributed by atoms with Crippen LogP contribution < -0.4 is 10.6 Å². The Morgan fingerprint density at radius 2 is 2.47 bits per heavy atom. The summed E-state index contributed by atoms with van der Waals surface area (Å²) in [7, 11) is 0. The summed E-state index contributed by atoms with van der Waals surface area (Å²) in [5.41, 5.74) is 1.47. The molecule has 0 radical (unpaired) electrons. The fourth-order valence-corrected chi connectivity index (χ4v) is 1.70. The summed E-state index contributed by atoms with van der Waals surface area (Å²) in [5, 5.41) is 15.5. The van der Waals surface area contributed by atoms with Gasteiger partial charge in [0.05, 0.1) is 11.8 Å². The van der Waals surface area contributed by atoms with Crippen LogP contribution in [0.5, 0.6) is 5.75 Å². The average Bonchev–Trinajstić information content (AvgIpc) is 2.38. The van der Waals surface area contributed by atoms with Crippen LogP contribution in [0, 0.1) is 0 Å². The van der Waals surface area contributed by atoms with E-state index in [0.29, 0.717) is 6.54 Å². The van der Waals surface area contributed by atoms with Crippen LogP contribution in [0.15, 0.2) is 30.1 Å². The lowest BCUT2D eigenvalue weighted by Crippen LogP contribution is -2.29. The summed E-state index contributed by atoms with van der Waals surface area (Å²) in [6, 6.07) is 1.50. The Morgan fingerprint density at radius 3 is 3.18 bits per heavy atom. The lowest BCUT2D eigenvalue weighted by Gasteiger charge is -2.14. The number of carbonyl (C=O) groups is 1. The smallest absolute Gasteiger partial charge is 0.255 e. The summed E-state index contributed by atoms with van der Waals surface area (Å²) in [5.74, 6) is -0.367. The Balaban J connectivity index is 1.93. The van der Waals surface area contributed by atoms with E-state index in [0.717, 1.165) is 19.5 Å². The largest absolute Gasteiger partial charge is 0.505 e. The Hall–Kier alpha value is -1.88. The first-order chi connectivity index (χ1) is 8.27. The zero-order chi connectivity index (χ0) is 12.1. The van der Waals surface area contributed by atoms with Crippen molar-refractivity contribution in [2.24, 2.45) is 0 Å². The van der Waals surface area contributed by atoms with Crippen molar-refractivity contribution in [3.8, 4) is 5.75 Å². The highest BCUT2D eigenvalue weighted by Crippen LogP contribution is 2.13. The fraction of sp³-hybridized carbons (Fsp3) is 0.333. The Kier molecular flexibility index (Phi) is 3.72. The van der Waals surface area contributed by atoms with Crippen molar-refractivity contribution in [1.82, 2.24) is 15.6 Å². The van der Waals surface area contributed by atoms with E-state index in [1.807, 2.05) is 0 Å². The minimum Gasteiger partial charge on any atom is -0.505 e. The van der Waals surface area contributed by atoms with Crippen molar-refractivity contribution in [3.63, 3.8) is 0 Å². The van der Waals surface area contributed by atoms with Crippen LogP contribution in [-0.4, -0.2) is 35.6 Å². The van der Waals surface area contributed by atoms with E-state index in [4.69, 9.17) is 0 Å². The molecule has 0 fully saturated rings. The third-order valence-corrected chi connectivity index (χ3v) is 2.68. The first-order valence-corrected chi connectivity index (χ1v) is 5.57. The highest BCUT2D eigenvalue weighted by molar-refractivity contribution is 5.96. The first-order valence-electron chi connectivity index (χ1n) is 5.57. The highest BCUT2D eigenvalue weighted by Gasteiger charge is 2.11. The molecule has 5 nitrogen and oxygen atoms in total. The molecule has 1 aromatic heterocycles. The van der Waals surface area contributed by atoms with E-state index in [2.05, 4.69) is 21.7 Å². The Labute approximate surface area is 99.6 Å². The molecule has 0 unspecified atom stereocenters. The molecule has 0 saturated carbocycles.